The second-order valence-electron chi connectivity index (χ2n) is 6.15. The molecule has 0 radical (unpaired) electrons. The van der Waals surface area contributed by atoms with Gasteiger partial charge >= 0.3 is 0 Å². The molecule has 6 nitrogen and oxygen atoms in total. The second kappa shape index (κ2) is 6.62. The summed E-state index contributed by atoms with van der Waals surface area (Å²) < 4.78 is 1.36. The lowest BCUT2D eigenvalue weighted by molar-refractivity contribution is -0.0713. The average Bonchev–Trinajstić information content (AvgIpc) is 2.51. The number of aryl methyl sites for hydroxylation is 1. The molecule has 22 heavy (non-hydrogen) atoms. The first-order valence-corrected chi connectivity index (χ1v) is 7.68. The van der Waals surface area contributed by atoms with Gasteiger partial charge in [0.1, 0.15) is 0 Å². The first-order valence-electron chi connectivity index (χ1n) is 7.68. The Balaban J connectivity index is 2.14. The molecular formula is C16H24N2O4. The summed E-state index contributed by atoms with van der Waals surface area (Å²) >= 11 is 0. The van der Waals surface area contributed by atoms with Crippen LogP contribution in [0.25, 0.3) is 0 Å². The van der Waals surface area contributed by atoms with Crippen molar-refractivity contribution in [1.29, 1.82) is 0 Å². The smallest absolute Gasteiger partial charge is 0.255 e. The number of aromatic nitrogens is 1. The molecule has 0 spiro atoms. The standard InChI is InChI=1S/C16H24N2O4/c1-3-6-16(11-19)7-8-18(10-13(16)20)15(22)12-4-5-14(21)17(2)9-12/h4-5,9,13,19-20H,3,6-8,10-11H2,1-2H3/t13-,16+/m0/s1. The van der Waals surface area contributed by atoms with Crippen molar-refractivity contribution in [3.05, 3.63) is 34.2 Å². The van der Waals surface area contributed by atoms with Crippen LogP contribution in [0.3, 0.4) is 0 Å². The summed E-state index contributed by atoms with van der Waals surface area (Å²) in [6, 6.07) is 2.87. The fourth-order valence-corrected chi connectivity index (χ4v) is 3.16. The number of hydrogen-bond acceptors (Lipinski definition) is 4. The van der Waals surface area contributed by atoms with Crippen LogP contribution in [0, 0.1) is 5.41 Å². The van der Waals surface area contributed by atoms with Crippen LogP contribution in [0.5, 0.6) is 0 Å². The van der Waals surface area contributed by atoms with E-state index in [-0.39, 0.29) is 24.6 Å². The van der Waals surface area contributed by atoms with E-state index in [0.29, 0.717) is 18.5 Å². The van der Waals surface area contributed by atoms with Crippen LogP contribution in [-0.2, 0) is 7.05 Å². The number of aliphatic hydroxyl groups excluding tert-OH is 2. The Morgan fingerprint density at radius 1 is 1.45 bits per heavy atom. The van der Waals surface area contributed by atoms with Crippen LogP contribution in [0.1, 0.15) is 36.5 Å². The molecule has 0 aliphatic carbocycles. The maximum Gasteiger partial charge on any atom is 0.255 e. The number of β-amino-alcohol motifs (C(OH)–C–C–N with tert-alkyl or cyclic N) is 1. The number of nitrogens with zero attached hydrogens (tertiary/aromatic N) is 2. The fourth-order valence-electron chi connectivity index (χ4n) is 3.16. The quantitative estimate of drug-likeness (QED) is 0.842. The number of carbonyl (C=O) groups is 1. The summed E-state index contributed by atoms with van der Waals surface area (Å²) in [6.07, 6.45) is 2.98. The van der Waals surface area contributed by atoms with Gasteiger partial charge in [-0.15, -0.1) is 0 Å². The summed E-state index contributed by atoms with van der Waals surface area (Å²) in [7, 11) is 1.60. The van der Waals surface area contributed by atoms with Crippen molar-refractivity contribution in [1.82, 2.24) is 9.47 Å². The van der Waals surface area contributed by atoms with Crippen LogP contribution in [0.2, 0.25) is 0 Å². The highest BCUT2D eigenvalue weighted by Gasteiger charge is 2.42. The van der Waals surface area contributed by atoms with Crippen LogP contribution >= 0.6 is 0 Å². The van der Waals surface area contributed by atoms with E-state index in [2.05, 4.69) is 0 Å². The summed E-state index contributed by atoms with van der Waals surface area (Å²) in [5.74, 6) is -0.197. The van der Waals surface area contributed by atoms with Crippen molar-refractivity contribution in [3.8, 4) is 0 Å². The molecule has 0 aromatic carbocycles. The SMILES string of the molecule is CCC[C@]1(CO)CCN(C(=O)c2ccc(=O)n(C)c2)C[C@@H]1O. The van der Waals surface area contributed by atoms with Crippen molar-refractivity contribution in [2.24, 2.45) is 12.5 Å². The predicted molar refractivity (Wildman–Crippen MR) is 82.6 cm³/mol. The highest BCUT2D eigenvalue weighted by Crippen LogP contribution is 2.36. The molecular weight excluding hydrogens is 284 g/mol. The van der Waals surface area contributed by atoms with Gasteiger partial charge in [0.2, 0.25) is 5.56 Å². The highest BCUT2D eigenvalue weighted by molar-refractivity contribution is 5.94. The predicted octanol–water partition coefficient (Wildman–Crippen LogP) is 0.371. The number of carbonyl (C=O) groups excluding carboxylic acids is 1. The Kier molecular flexibility index (Phi) is 5.03. The first kappa shape index (κ1) is 16.7. The minimum absolute atomic E-state index is 0.0656. The molecule has 1 aromatic rings. The van der Waals surface area contributed by atoms with Gasteiger partial charge in [-0.2, -0.15) is 0 Å². The van der Waals surface area contributed by atoms with Gasteiger partial charge < -0.3 is 19.7 Å². The third kappa shape index (κ3) is 3.08. The van der Waals surface area contributed by atoms with Crippen molar-refractivity contribution in [2.45, 2.75) is 32.3 Å². The van der Waals surface area contributed by atoms with E-state index in [1.54, 1.807) is 11.9 Å². The summed E-state index contributed by atoms with van der Waals surface area (Å²) in [4.78, 5) is 25.5. The minimum atomic E-state index is -0.734. The third-order valence-electron chi connectivity index (χ3n) is 4.66. The Hall–Kier alpha value is -1.66. The molecule has 1 aliphatic heterocycles. The zero-order chi connectivity index (χ0) is 16.3. The monoisotopic (exact) mass is 308 g/mol. The fraction of sp³-hybridized carbons (Fsp3) is 0.625. The van der Waals surface area contributed by atoms with Gasteiger partial charge in [0, 0.05) is 37.8 Å². The molecule has 2 N–H and O–H groups in total. The van der Waals surface area contributed by atoms with Gasteiger partial charge in [0.25, 0.3) is 5.91 Å². The lowest BCUT2D eigenvalue weighted by atomic mass is 9.73. The molecule has 0 unspecified atom stereocenters. The van der Waals surface area contributed by atoms with Crippen molar-refractivity contribution < 1.29 is 15.0 Å². The average molecular weight is 308 g/mol. The molecule has 2 atom stereocenters. The van der Waals surface area contributed by atoms with Gasteiger partial charge in [-0.05, 0) is 18.9 Å². The van der Waals surface area contributed by atoms with Gasteiger partial charge in [0.15, 0.2) is 0 Å². The summed E-state index contributed by atoms with van der Waals surface area (Å²) in [6.45, 7) is 2.66. The van der Waals surface area contributed by atoms with Gasteiger partial charge in [-0.25, -0.2) is 0 Å². The van der Waals surface area contributed by atoms with E-state index in [1.165, 1.54) is 22.9 Å². The van der Waals surface area contributed by atoms with E-state index in [1.807, 2.05) is 6.92 Å². The molecule has 1 aliphatic rings. The molecule has 1 saturated heterocycles. The number of rotatable bonds is 4. The molecule has 1 fully saturated rings. The Labute approximate surface area is 130 Å². The molecule has 122 valence electrons. The molecule has 1 aromatic heterocycles. The normalized spacial score (nSPS) is 25.3. The van der Waals surface area contributed by atoms with E-state index < -0.39 is 11.5 Å². The zero-order valence-corrected chi connectivity index (χ0v) is 13.2. The van der Waals surface area contributed by atoms with Gasteiger partial charge in [-0.3, -0.25) is 9.59 Å². The topological polar surface area (TPSA) is 82.8 Å². The zero-order valence-electron chi connectivity index (χ0n) is 13.2. The van der Waals surface area contributed by atoms with Crippen LogP contribution in [0.15, 0.2) is 23.1 Å². The first-order chi connectivity index (χ1) is 10.4. The number of aliphatic hydroxyl groups is 2. The maximum atomic E-state index is 12.5. The van der Waals surface area contributed by atoms with Gasteiger partial charge in [-0.1, -0.05) is 13.3 Å². The number of hydrogen-bond donors (Lipinski definition) is 2. The van der Waals surface area contributed by atoms with E-state index in [4.69, 9.17) is 0 Å². The van der Waals surface area contributed by atoms with Crippen LogP contribution in [0.4, 0.5) is 0 Å². The van der Waals surface area contributed by atoms with Crippen molar-refractivity contribution in [3.63, 3.8) is 0 Å². The largest absolute Gasteiger partial charge is 0.396 e. The molecule has 2 rings (SSSR count). The molecule has 0 saturated carbocycles. The lowest BCUT2D eigenvalue weighted by Gasteiger charge is -2.44. The minimum Gasteiger partial charge on any atom is -0.396 e. The van der Waals surface area contributed by atoms with E-state index in [0.717, 1.165) is 12.8 Å². The number of amides is 1. The molecule has 6 heteroatoms. The van der Waals surface area contributed by atoms with Gasteiger partial charge in [0.05, 0.1) is 18.3 Å². The number of likely N-dealkylation sites (tertiary alicyclic amines) is 1. The Bertz CT molecular complexity index is 598. The number of piperidine rings is 1. The third-order valence-corrected chi connectivity index (χ3v) is 4.66. The maximum absolute atomic E-state index is 12.5. The van der Waals surface area contributed by atoms with E-state index in [9.17, 15) is 19.8 Å². The van der Waals surface area contributed by atoms with E-state index >= 15 is 0 Å². The Morgan fingerprint density at radius 2 is 2.18 bits per heavy atom. The molecule has 0 bridgehead atoms. The second-order valence-corrected chi connectivity index (χ2v) is 6.15. The van der Waals surface area contributed by atoms with Crippen molar-refractivity contribution >= 4 is 5.91 Å². The molecule has 1 amide bonds. The number of pyridine rings is 1. The van der Waals surface area contributed by atoms with Crippen LogP contribution in [-0.4, -0.2) is 51.4 Å². The summed E-state index contributed by atoms with van der Waals surface area (Å²) in [5.41, 5.74) is -0.242. The Morgan fingerprint density at radius 3 is 2.73 bits per heavy atom. The highest BCUT2D eigenvalue weighted by atomic mass is 16.3. The van der Waals surface area contributed by atoms with Crippen LogP contribution < -0.4 is 5.56 Å². The summed E-state index contributed by atoms with van der Waals surface area (Å²) in [5, 5.41) is 20.1. The van der Waals surface area contributed by atoms with Crippen molar-refractivity contribution in [2.75, 3.05) is 19.7 Å². The molecule has 2 heterocycles. The lowest BCUT2D eigenvalue weighted by Crippen LogP contribution is -2.54.